The Morgan fingerprint density at radius 3 is 2.66 bits per heavy atom. The van der Waals surface area contributed by atoms with Crippen molar-refractivity contribution in [2.75, 3.05) is 25.1 Å². The molecular formula is C19H22N4O5S. The molecule has 1 fully saturated rings. The van der Waals surface area contributed by atoms with E-state index in [0.717, 1.165) is 18.9 Å². The Labute approximate surface area is 169 Å². The minimum atomic E-state index is -3.74. The van der Waals surface area contributed by atoms with Crippen molar-refractivity contribution in [3.63, 3.8) is 0 Å². The van der Waals surface area contributed by atoms with Crippen molar-refractivity contribution in [2.45, 2.75) is 24.7 Å². The third-order valence-corrected chi connectivity index (χ3v) is 6.37. The first kappa shape index (κ1) is 20.7. The lowest BCUT2D eigenvalue weighted by Crippen LogP contribution is -2.27. The first-order valence-electron chi connectivity index (χ1n) is 9.23. The Morgan fingerprint density at radius 1 is 1.24 bits per heavy atom. The monoisotopic (exact) mass is 418 g/mol. The highest BCUT2D eigenvalue weighted by atomic mass is 32.2. The molecule has 2 aromatic rings. The third kappa shape index (κ3) is 4.72. The lowest BCUT2D eigenvalue weighted by molar-refractivity contribution is -0.384. The number of nitro groups is 1. The molecule has 29 heavy (non-hydrogen) atoms. The molecule has 9 nitrogen and oxygen atoms in total. The Bertz CT molecular complexity index is 1020. The van der Waals surface area contributed by atoms with Crippen LogP contribution in [-0.4, -0.2) is 43.6 Å². The van der Waals surface area contributed by atoms with Crippen molar-refractivity contribution in [3.8, 4) is 5.75 Å². The summed E-state index contributed by atoms with van der Waals surface area (Å²) in [5, 5.41) is 15.5. The Hall–Kier alpha value is -2.98. The summed E-state index contributed by atoms with van der Waals surface area (Å²) in [6.45, 7) is 3.23. The predicted octanol–water partition coefficient (Wildman–Crippen LogP) is 3.22. The van der Waals surface area contributed by atoms with Crippen molar-refractivity contribution in [1.29, 1.82) is 0 Å². The molecule has 1 N–H and O–H groups in total. The molecule has 1 aliphatic heterocycles. The smallest absolute Gasteiger partial charge is 0.295 e. The average molecular weight is 418 g/mol. The molecule has 0 unspecified atom stereocenters. The van der Waals surface area contributed by atoms with Crippen molar-refractivity contribution < 1.29 is 18.1 Å². The summed E-state index contributed by atoms with van der Waals surface area (Å²) in [6, 6.07) is 11.0. The van der Waals surface area contributed by atoms with Crippen LogP contribution in [0.25, 0.3) is 0 Å². The van der Waals surface area contributed by atoms with Gasteiger partial charge < -0.3 is 4.74 Å². The molecule has 1 aliphatic rings. The van der Waals surface area contributed by atoms with Gasteiger partial charge in [-0.05, 0) is 44.0 Å². The SMILES string of the molecule is CCOc1ccccc1C=NNc1ccc(S(=O)(=O)N2CCCC2)cc1[N+](=O)[O-]. The molecule has 0 spiro atoms. The number of nitrogens with one attached hydrogen (secondary N) is 1. The van der Waals surface area contributed by atoms with Gasteiger partial charge in [-0.1, -0.05) is 12.1 Å². The van der Waals surface area contributed by atoms with Crippen LogP contribution < -0.4 is 10.2 Å². The fraction of sp³-hybridized carbons (Fsp3) is 0.316. The minimum absolute atomic E-state index is 0.0951. The first-order valence-corrected chi connectivity index (χ1v) is 10.7. The van der Waals surface area contributed by atoms with Gasteiger partial charge in [0.1, 0.15) is 11.4 Å². The summed E-state index contributed by atoms with van der Waals surface area (Å²) in [7, 11) is -3.74. The zero-order valence-electron chi connectivity index (χ0n) is 15.9. The van der Waals surface area contributed by atoms with Gasteiger partial charge >= 0.3 is 0 Å². The Balaban J connectivity index is 1.84. The summed E-state index contributed by atoms with van der Waals surface area (Å²) in [5.41, 5.74) is 3.07. The number of ether oxygens (including phenoxy) is 1. The van der Waals surface area contributed by atoms with E-state index in [4.69, 9.17) is 4.74 Å². The Kier molecular flexibility index (Phi) is 6.45. The van der Waals surface area contributed by atoms with Gasteiger partial charge in [0.05, 0.1) is 22.6 Å². The number of hydrazone groups is 1. The van der Waals surface area contributed by atoms with E-state index >= 15 is 0 Å². The predicted molar refractivity (Wildman–Crippen MR) is 110 cm³/mol. The van der Waals surface area contributed by atoms with Crippen molar-refractivity contribution in [2.24, 2.45) is 5.10 Å². The maximum atomic E-state index is 12.7. The first-order chi connectivity index (χ1) is 13.9. The number of nitro benzene ring substituents is 1. The van der Waals surface area contributed by atoms with Crippen LogP contribution in [0.2, 0.25) is 0 Å². The summed E-state index contributed by atoms with van der Waals surface area (Å²) < 4.78 is 32.2. The molecule has 2 aromatic carbocycles. The fourth-order valence-electron chi connectivity index (χ4n) is 3.04. The van der Waals surface area contributed by atoms with Gasteiger partial charge in [0.25, 0.3) is 5.69 Å². The normalized spacial score (nSPS) is 14.9. The van der Waals surface area contributed by atoms with Crippen LogP contribution >= 0.6 is 0 Å². The molecule has 1 heterocycles. The molecule has 10 heteroatoms. The van der Waals surface area contributed by atoms with E-state index in [2.05, 4.69) is 10.5 Å². The van der Waals surface area contributed by atoms with E-state index in [1.807, 2.05) is 19.1 Å². The summed E-state index contributed by atoms with van der Waals surface area (Å²) in [5.74, 6) is 0.641. The third-order valence-electron chi connectivity index (χ3n) is 4.48. The van der Waals surface area contributed by atoms with Gasteiger partial charge in [-0.25, -0.2) is 8.42 Å². The van der Waals surface area contributed by atoms with Gasteiger partial charge in [-0.15, -0.1) is 0 Å². The zero-order valence-corrected chi connectivity index (χ0v) is 16.8. The molecule has 3 rings (SSSR count). The molecule has 0 saturated carbocycles. The number of anilines is 1. The van der Waals surface area contributed by atoms with Crippen LogP contribution in [0.5, 0.6) is 5.75 Å². The van der Waals surface area contributed by atoms with E-state index in [1.165, 1.54) is 22.7 Å². The van der Waals surface area contributed by atoms with Crippen LogP contribution in [-0.2, 0) is 10.0 Å². The molecule has 0 atom stereocenters. The van der Waals surface area contributed by atoms with Crippen molar-refractivity contribution >= 4 is 27.6 Å². The summed E-state index contributed by atoms with van der Waals surface area (Å²) >= 11 is 0. The van der Waals surface area contributed by atoms with Crippen molar-refractivity contribution in [3.05, 3.63) is 58.1 Å². The van der Waals surface area contributed by atoms with Gasteiger partial charge in [0, 0.05) is 24.7 Å². The topological polar surface area (TPSA) is 114 Å². The number of rotatable bonds is 8. The lowest BCUT2D eigenvalue weighted by Gasteiger charge is -2.15. The highest BCUT2D eigenvalue weighted by Crippen LogP contribution is 2.30. The summed E-state index contributed by atoms with van der Waals surface area (Å²) in [4.78, 5) is 10.8. The minimum Gasteiger partial charge on any atom is -0.493 e. The second-order valence-corrected chi connectivity index (χ2v) is 8.33. The number of benzene rings is 2. The number of sulfonamides is 1. The molecule has 0 bridgehead atoms. The summed E-state index contributed by atoms with van der Waals surface area (Å²) in [6.07, 6.45) is 3.07. The molecule has 0 aliphatic carbocycles. The second-order valence-electron chi connectivity index (χ2n) is 6.39. The highest BCUT2D eigenvalue weighted by Gasteiger charge is 2.29. The lowest BCUT2D eigenvalue weighted by atomic mass is 10.2. The fourth-order valence-corrected chi connectivity index (χ4v) is 4.58. The second kappa shape index (κ2) is 9.01. The maximum absolute atomic E-state index is 12.7. The van der Waals surface area contributed by atoms with Crippen LogP contribution in [0, 0.1) is 10.1 Å². The molecule has 154 valence electrons. The standard InChI is InChI=1S/C19H22N4O5S/c1-2-28-19-8-4-3-7-15(19)14-20-21-17-10-9-16(13-18(17)23(24)25)29(26,27)22-11-5-6-12-22/h3-4,7-10,13-14,21H,2,5-6,11-12H2,1H3. The molecule has 0 radical (unpaired) electrons. The van der Waals surface area contributed by atoms with E-state index in [-0.39, 0.29) is 16.3 Å². The van der Waals surface area contributed by atoms with Gasteiger partial charge in [-0.3, -0.25) is 15.5 Å². The van der Waals surface area contributed by atoms with E-state index < -0.39 is 14.9 Å². The molecule has 0 aromatic heterocycles. The van der Waals surface area contributed by atoms with Crippen LogP contribution in [0.15, 0.2) is 52.5 Å². The maximum Gasteiger partial charge on any atom is 0.295 e. The average Bonchev–Trinajstić information content (AvgIpc) is 3.25. The van der Waals surface area contributed by atoms with E-state index in [9.17, 15) is 18.5 Å². The van der Waals surface area contributed by atoms with E-state index in [1.54, 1.807) is 12.1 Å². The number of nitrogens with zero attached hydrogens (tertiary/aromatic N) is 3. The van der Waals surface area contributed by atoms with Gasteiger partial charge in [-0.2, -0.15) is 9.41 Å². The zero-order chi connectivity index (χ0) is 20.9. The van der Waals surface area contributed by atoms with Crippen molar-refractivity contribution in [1.82, 2.24) is 4.31 Å². The largest absolute Gasteiger partial charge is 0.493 e. The van der Waals surface area contributed by atoms with Crippen LogP contribution in [0.4, 0.5) is 11.4 Å². The van der Waals surface area contributed by atoms with Gasteiger partial charge in [0.15, 0.2) is 0 Å². The quantitative estimate of drug-likeness (QED) is 0.400. The molecule has 1 saturated heterocycles. The van der Waals surface area contributed by atoms with Gasteiger partial charge in [0.2, 0.25) is 10.0 Å². The number of para-hydroxylation sites is 1. The van der Waals surface area contributed by atoms with E-state index in [0.29, 0.717) is 31.0 Å². The van der Waals surface area contributed by atoms with Crippen LogP contribution in [0.3, 0.4) is 0 Å². The van der Waals surface area contributed by atoms with Crippen LogP contribution in [0.1, 0.15) is 25.3 Å². The number of hydrogen-bond donors (Lipinski definition) is 1. The molecule has 0 amide bonds. The highest BCUT2D eigenvalue weighted by molar-refractivity contribution is 7.89. The Morgan fingerprint density at radius 2 is 1.97 bits per heavy atom. The molecular weight excluding hydrogens is 396 g/mol. The number of hydrogen-bond acceptors (Lipinski definition) is 7.